The van der Waals surface area contributed by atoms with Crippen LogP contribution >= 0.6 is 0 Å². The Kier molecular flexibility index (Phi) is 4.56. The van der Waals surface area contributed by atoms with Crippen molar-refractivity contribution in [2.45, 2.75) is 32.1 Å². The molecule has 0 spiro atoms. The predicted molar refractivity (Wildman–Crippen MR) is 102 cm³/mol. The van der Waals surface area contributed by atoms with Crippen molar-refractivity contribution in [2.24, 2.45) is 0 Å². The van der Waals surface area contributed by atoms with E-state index < -0.39 is 5.97 Å². The lowest BCUT2D eigenvalue weighted by molar-refractivity contribution is -0.137. The van der Waals surface area contributed by atoms with Crippen molar-refractivity contribution < 1.29 is 19.5 Å². The maximum atomic E-state index is 12.9. The van der Waals surface area contributed by atoms with Gasteiger partial charge in [-0.3, -0.25) is 19.3 Å². The number of hydrogen-bond donors (Lipinski definition) is 1. The van der Waals surface area contributed by atoms with E-state index in [1.807, 2.05) is 24.3 Å². The van der Waals surface area contributed by atoms with Crippen molar-refractivity contribution in [2.75, 3.05) is 24.5 Å². The first kappa shape index (κ1) is 17.5. The quantitative estimate of drug-likeness (QED) is 0.822. The molecule has 6 nitrogen and oxygen atoms in total. The second-order valence-electron chi connectivity index (χ2n) is 7.17. The van der Waals surface area contributed by atoms with Crippen molar-refractivity contribution in [3.05, 3.63) is 41.5 Å². The van der Waals surface area contributed by atoms with Crippen LogP contribution in [-0.2, 0) is 4.79 Å². The number of amides is 2. The molecule has 6 heteroatoms. The summed E-state index contributed by atoms with van der Waals surface area (Å²) in [6.45, 7) is 2.09. The SMILES string of the molecule is O=C(O)CCCN1C(=O)c2cccc3c(N4CCCCC4)ccc(c23)C1=O. The number of benzene rings is 2. The lowest BCUT2D eigenvalue weighted by atomic mass is 9.92. The number of nitrogens with zero attached hydrogens (tertiary/aromatic N) is 2. The number of carbonyl (C=O) groups is 3. The van der Waals surface area contributed by atoms with Gasteiger partial charge >= 0.3 is 5.97 Å². The van der Waals surface area contributed by atoms with Gasteiger partial charge in [0.1, 0.15) is 0 Å². The molecule has 0 bridgehead atoms. The Balaban J connectivity index is 1.75. The maximum Gasteiger partial charge on any atom is 0.303 e. The molecule has 140 valence electrons. The van der Waals surface area contributed by atoms with E-state index in [0.717, 1.165) is 42.4 Å². The van der Waals surface area contributed by atoms with Gasteiger partial charge in [-0.05, 0) is 43.9 Å². The summed E-state index contributed by atoms with van der Waals surface area (Å²) in [4.78, 5) is 40.1. The third kappa shape index (κ3) is 3.05. The van der Waals surface area contributed by atoms with Crippen LogP contribution in [0.3, 0.4) is 0 Å². The Hall–Kier alpha value is -2.89. The second-order valence-corrected chi connectivity index (χ2v) is 7.17. The van der Waals surface area contributed by atoms with E-state index in [4.69, 9.17) is 5.11 Å². The molecule has 4 rings (SSSR count). The molecule has 2 aromatic carbocycles. The third-order valence-corrected chi connectivity index (χ3v) is 5.44. The smallest absolute Gasteiger partial charge is 0.303 e. The zero-order chi connectivity index (χ0) is 19.0. The van der Waals surface area contributed by atoms with Gasteiger partial charge in [-0.15, -0.1) is 0 Å². The van der Waals surface area contributed by atoms with Gasteiger partial charge in [0.25, 0.3) is 11.8 Å². The molecule has 1 N–H and O–H groups in total. The van der Waals surface area contributed by atoms with E-state index in [1.54, 1.807) is 6.07 Å². The molecule has 0 aliphatic carbocycles. The third-order valence-electron chi connectivity index (χ3n) is 5.44. The average Bonchev–Trinajstić information content (AvgIpc) is 2.68. The van der Waals surface area contributed by atoms with Crippen LogP contribution in [0.15, 0.2) is 30.3 Å². The van der Waals surface area contributed by atoms with Gasteiger partial charge in [-0.2, -0.15) is 0 Å². The standard InChI is InChI=1S/C21H22N2O4/c24-18(25)8-5-13-23-20(26)15-7-4-6-14-17(22-11-2-1-3-12-22)10-9-16(19(14)15)21(23)27/h4,6-7,9-10H,1-3,5,8,11-13H2,(H,24,25). The van der Waals surface area contributed by atoms with Crippen molar-refractivity contribution in [3.8, 4) is 0 Å². The highest BCUT2D eigenvalue weighted by Gasteiger charge is 2.33. The fourth-order valence-electron chi connectivity index (χ4n) is 4.13. The van der Waals surface area contributed by atoms with Gasteiger partial charge < -0.3 is 10.0 Å². The van der Waals surface area contributed by atoms with E-state index in [0.29, 0.717) is 11.1 Å². The van der Waals surface area contributed by atoms with Gasteiger partial charge in [0.15, 0.2) is 0 Å². The number of aliphatic carboxylic acids is 1. The Morgan fingerprint density at radius 2 is 1.67 bits per heavy atom. The van der Waals surface area contributed by atoms with Gasteiger partial charge in [0.05, 0.1) is 0 Å². The highest BCUT2D eigenvalue weighted by Crippen LogP contribution is 2.36. The van der Waals surface area contributed by atoms with Crippen LogP contribution in [0.2, 0.25) is 0 Å². The number of carboxylic acid groups (broad SMARTS) is 1. The first-order valence-electron chi connectivity index (χ1n) is 9.46. The largest absolute Gasteiger partial charge is 0.481 e. The van der Waals surface area contributed by atoms with Crippen LogP contribution < -0.4 is 4.90 Å². The predicted octanol–water partition coefficient (Wildman–Crippen LogP) is 3.29. The summed E-state index contributed by atoms with van der Waals surface area (Å²) in [5.74, 6) is -1.60. The summed E-state index contributed by atoms with van der Waals surface area (Å²) in [6, 6.07) is 9.39. The van der Waals surface area contributed by atoms with E-state index >= 15 is 0 Å². The topological polar surface area (TPSA) is 77.9 Å². The van der Waals surface area contributed by atoms with Crippen LogP contribution in [0, 0.1) is 0 Å². The van der Waals surface area contributed by atoms with Crippen LogP contribution in [0.5, 0.6) is 0 Å². The number of imide groups is 1. The monoisotopic (exact) mass is 366 g/mol. The Bertz CT molecular complexity index is 909. The average molecular weight is 366 g/mol. The number of carbonyl (C=O) groups excluding carboxylic acids is 2. The second kappa shape index (κ2) is 7.02. The molecule has 1 saturated heterocycles. The van der Waals surface area contributed by atoms with Crippen LogP contribution in [0.25, 0.3) is 10.8 Å². The number of piperidine rings is 1. The molecule has 1 fully saturated rings. The van der Waals surface area contributed by atoms with Gasteiger partial charge in [-0.1, -0.05) is 12.1 Å². The molecule has 2 aromatic rings. The minimum atomic E-state index is -0.930. The van der Waals surface area contributed by atoms with Crippen molar-refractivity contribution in [1.29, 1.82) is 0 Å². The van der Waals surface area contributed by atoms with Crippen LogP contribution in [0.1, 0.15) is 52.8 Å². The molecule has 0 saturated carbocycles. The summed E-state index contributed by atoms with van der Waals surface area (Å²) >= 11 is 0. The Morgan fingerprint density at radius 1 is 0.963 bits per heavy atom. The summed E-state index contributed by atoms with van der Waals surface area (Å²) in [7, 11) is 0. The molecule has 27 heavy (non-hydrogen) atoms. The zero-order valence-electron chi connectivity index (χ0n) is 15.1. The fourth-order valence-corrected chi connectivity index (χ4v) is 4.13. The number of rotatable bonds is 5. The molecule has 2 aliphatic rings. The number of anilines is 1. The summed E-state index contributed by atoms with van der Waals surface area (Å²) < 4.78 is 0. The molecule has 0 radical (unpaired) electrons. The zero-order valence-corrected chi connectivity index (χ0v) is 15.1. The lowest BCUT2D eigenvalue weighted by Gasteiger charge is -2.32. The molecular weight excluding hydrogens is 344 g/mol. The summed E-state index contributed by atoms with van der Waals surface area (Å²) in [5, 5.41) is 10.5. The molecule has 2 heterocycles. The van der Waals surface area contributed by atoms with Crippen molar-refractivity contribution in [3.63, 3.8) is 0 Å². The summed E-state index contributed by atoms with van der Waals surface area (Å²) in [5.41, 5.74) is 2.13. The Labute approximate surface area is 157 Å². The first-order valence-corrected chi connectivity index (χ1v) is 9.46. The van der Waals surface area contributed by atoms with Crippen LogP contribution in [-0.4, -0.2) is 47.4 Å². The number of carboxylic acids is 1. The molecule has 0 atom stereocenters. The normalized spacial score (nSPS) is 16.9. The Morgan fingerprint density at radius 3 is 2.37 bits per heavy atom. The van der Waals surface area contributed by atoms with Crippen LogP contribution in [0.4, 0.5) is 5.69 Å². The van der Waals surface area contributed by atoms with Gasteiger partial charge in [-0.25, -0.2) is 0 Å². The lowest BCUT2D eigenvalue weighted by Crippen LogP contribution is -2.41. The van der Waals surface area contributed by atoms with Crippen molar-refractivity contribution >= 4 is 34.2 Å². The summed E-state index contributed by atoms with van der Waals surface area (Å²) in [6.07, 6.45) is 3.72. The molecule has 0 unspecified atom stereocenters. The highest BCUT2D eigenvalue weighted by molar-refractivity contribution is 6.26. The molecular formula is C21H22N2O4. The van der Waals surface area contributed by atoms with E-state index in [-0.39, 0.29) is 31.2 Å². The van der Waals surface area contributed by atoms with E-state index in [9.17, 15) is 14.4 Å². The van der Waals surface area contributed by atoms with E-state index in [2.05, 4.69) is 4.90 Å². The van der Waals surface area contributed by atoms with Gasteiger partial charge in [0.2, 0.25) is 0 Å². The minimum absolute atomic E-state index is 0.0674. The maximum absolute atomic E-state index is 12.9. The first-order chi connectivity index (χ1) is 13.1. The number of hydrogen-bond acceptors (Lipinski definition) is 4. The molecule has 2 aliphatic heterocycles. The minimum Gasteiger partial charge on any atom is -0.481 e. The molecule has 0 aromatic heterocycles. The van der Waals surface area contributed by atoms with Gasteiger partial charge in [0, 0.05) is 53.6 Å². The van der Waals surface area contributed by atoms with E-state index in [1.165, 1.54) is 11.3 Å². The highest BCUT2D eigenvalue weighted by atomic mass is 16.4. The molecule has 2 amide bonds. The fraction of sp³-hybridized carbons (Fsp3) is 0.381. The van der Waals surface area contributed by atoms with Crippen molar-refractivity contribution in [1.82, 2.24) is 4.90 Å².